The highest BCUT2D eigenvalue weighted by Crippen LogP contribution is 2.27. The minimum atomic E-state index is -0.119. The molecular formula is C21H26N4O4S. The number of rotatable bonds is 9. The number of carbonyl (C=O) groups excluding carboxylic acids is 1. The lowest BCUT2D eigenvalue weighted by molar-refractivity contribution is -0.118. The van der Waals surface area contributed by atoms with Crippen LogP contribution in [0.15, 0.2) is 34.2 Å². The normalized spacial score (nSPS) is 10.9. The van der Waals surface area contributed by atoms with E-state index >= 15 is 0 Å². The summed E-state index contributed by atoms with van der Waals surface area (Å²) in [5, 5.41) is 3.45. The standard InChI is InChI=1S/C21H26N4O4S/c1-5-25-20(27)19-15(10-13(2)23-19)24-21(25)30-12-18(26)22-9-8-14-6-7-16(28-3)17(11-14)29-4/h6-7,10-11,23H,5,8-9,12H2,1-4H3,(H,22,26). The van der Waals surface area contributed by atoms with E-state index in [1.54, 1.807) is 18.8 Å². The van der Waals surface area contributed by atoms with Crippen molar-refractivity contribution in [2.75, 3.05) is 26.5 Å². The fourth-order valence-electron chi connectivity index (χ4n) is 3.16. The third-order valence-electron chi connectivity index (χ3n) is 4.67. The Balaban J connectivity index is 1.58. The summed E-state index contributed by atoms with van der Waals surface area (Å²) in [5.74, 6) is 1.41. The van der Waals surface area contributed by atoms with Crippen LogP contribution in [0.1, 0.15) is 18.2 Å². The molecule has 9 heteroatoms. The number of thioether (sulfide) groups is 1. The molecule has 0 radical (unpaired) electrons. The van der Waals surface area contributed by atoms with Gasteiger partial charge in [0.15, 0.2) is 16.7 Å². The average Bonchev–Trinajstić information content (AvgIpc) is 3.12. The van der Waals surface area contributed by atoms with Crippen LogP contribution in [0.4, 0.5) is 0 Å². The Bertz CT molecular complexity index is 1110. The Labute approximate surface area is 179 Å². The number of aryl methyl sites for hydroxylation is 1. The first-order valence-corrected chi connectivity index (χ1v) is 10.7. The fourth-order valence-corrected chi connectivity index (χ4v) is 4.06. The van der Waals surface area contributed by atoms with Crippen molar-refractivity contribution >= 4 is 28.7 Å². The summed E-state index contributed by atoms with van der Waals surface area (Å²) in [7, 11) is 3.19. The van der Waals surface area contributed by atoms with Gasteiger partial charge in [-0.05, 0) is 44.0 Å². The van der Waals surface area contributed by atoms with Crippen LogP contribution in [0, 0.1) is 6.92 Å². The molecule has 0 fully saturated rings. The molecular weight excluding hydrogens is 404 g/mol. The topological polar surface area (TPSA) is 98.2 Å². The van der Waals surface area contributed by atoms with Gasteiger partial charge in [0.1, 0.15) is 5.52 Å². The van der Waals surface area contributed by atoms with Crippen LogP contribution < -0.4 is 20.3 Å². The van der Waals surface area contributed by atoms with Gasteiger partial charge in [0.05, 0.1) is 25.5 Å². The second-order valence-corrected chi connectivity index (χ2v) is 7.68. The van der Waals surface area contributed by atoms with Crippen LogP contribution in [-0.4, -0.2) is 47.0 Å². The van der Waals surface area contributed by atoms with E-state index < -0.39 is 0 Å². The molecule has 2 heterocycles. The zero-order chi connectivity index (χ0) is 21.7. The molecule has 0 unspecified atom stereocenters. The summed E-state index contributed by atoms with van der Waals surface area (Å²) in [6.07, 6.45) is 0.670. The number of aromatic amines is 1. The van der Waals surface area contributed by atoms with Gasteiger partial charge in [0.2, 0.25) is 5.91 Å². The Morgan fingerprint density at radius 1 is 1.23 bits per heavy atom. The highest BCUT2D eigenvalue weighted by Gasteiger charge is 2.14. The molecule has 30 heavy (non-hydrogen) atoms. The molecule has 0 spiro atoms. The Morgan fingerprint density at radius 3 is 2.70 bits per heavy atom. The van der Waals surface area contributed by atoms with Gasteiger partial charge in [-0.3, -0.25) is 14.2 Å². The van der Waals surface area contributed by atoms with Crippen LogP contribution in [0.2, 0.25) is 0 Å². The van der Waals surface area contributed by atoms with Crippen molar-refractivity contribution in [3.8, 4) is 11.5 Å². The first kappa shape index (κ1) is 21.8. The van der Waals surface area contributed by atoms with Crippen LogP contribution >= 0.6 is 11.8 Å². The van der Waals surface area contributed by atoms with E-state index in [9.17, 15) is 9.59 Å². The average molecular weight is 431 g/mol. The molecule has 0 saturated heterocycles. The van der Waals surface area contributed by atoms with Gasteiger partial charge in [-0.15, -0.1) is 0 Å². The van der Waals surface area contributed by atoms with Gasteiger partial charge >= 0.3 is 0 Å². The van der Waals surface area contributed by atoms with E-state index in [1.165, 1.54) is 11.8 Å². The number of nitrogens with zero attached hydrogens (tertiary/aromatic N) is 2. The lowest BCUT2D eigenvalue weighted by Crippen LogP contribution is -2.28. The molecule has 3 aromatic rings. The second-order valence-electron chi connectivity index (χ2n) is 6.73. The van der Waals surface area contributed by atoms with E-state index in [-0.39, 0.29) is 17.2 Å². The highest BCUT2D eigenvalue weighted by molar-refractivity contribution is 7.99. The predicted octanol–water partition coefficient (Wildman–Crippen LogP) is 2.52. The minimum absolute atomic E-state index is 0.109. The van der Waals surface area contributed by atoms with Gasteiger partial charge in [-0.1, -0.05) is 17.8 Å². The molecule has 1 aromatic carbocycles. The molecule has 0 atom stereocenters. The SMILES string of the molecule is CCn1c(SCC(=O)NCCc2ccc(OC)c(OC)c2)nc2cc(C)[nH]c2c1=O. The minimum Gasteiger partial charge on any atom is -0.493 e. The lowest BCUT2D eigenvalue weighted by atomic mass is 10.1. The maximum absolute atomic E-state index is 12.6. The van der Waals surface area contributed by atoms with Crippen molar-refractivity contribution in [3.63, 3.8) is 0 Å². The second kappa shape index (κ2) is 9.71. The van der Waals surface area contributed by atoms with E-state index in [1.807, 2.05) is 38.1 Å². The van der Waals surface area contributed by atoms with Crippen molar-refractivity contribution in [3.05, 3.63) is 45.9 Å². The zero-order valence-electron chi connectivity index (χ0n) is 17.6. The number of ether oxygens (including phenoxy) is 2. The van der Waals surface area contributed by atoms with Gasteiger partial charge in [0, 0.05) is 18.8 Å². The predicted molar refractivity (Wildman–Crippen MR) is 118 cm³/mol. The van der Waals surface area contributed by atoms with E-state index in [0.29, 0.717) is 47.2 Å². The maximum atomic E-state index is 12.6. The van der Waals surface area contributed by atoms with E-state index in [4.69, 9.17) is 9.47 Å². The Kier molecular flexibility index (Phi) is 7.04. The number of methoxy groups -OCH3 is 2. The number of fused-ring (bicyclic) bond motifs is 1. The van der Waals surface area contributed by atoms with Crippen molar-refractivity contribution in [1.82, 2.24) is 19.9 Å². The molecule has 1 amide bonds. The van der Waals surface area contributed by atoms with Crippen LogP contribution in [0.25, 0.3) is 11.0 Å². The highest BCUT2D eigenvalue weighted by atomic mass is 32.2. The van der Waals surface area contributed by atoms with Crippen molar-refractivity contribution in [1.29, 1.82) is 0 Å². The summed E-state index contributed by atoms with van der Waals surface area (Å²) in [6.45, 7) is 4.76. The van der Waals surface area contributed by atoms with Gasteiger partial charge in [-0.2, -0.15) is 0 Å². The zero-order valence-corrected chi connectivity index (χ0v) is 18.4. The lowest BCUT2D eigenvalue weighted by Gasteiger charge is -2.11. The molecule has 160 valence electrons. The first-order chi connectivity index (χ1) is 14.5. The monoisotopic (exact) mass is 430 g/mol. The summed E-state index contributed by atoms with van der Waals surface area (Å²) in [5.41, 5.74) is 2.92. The Hall–Kier alpha value is -2.94. The molecule has 0 aliphatic carbocycles. The van der Waals surface area contributed by atoms with Crippen LogP contribution in [0.3, 0.4) is 0 Å². The molecule has 3 rings (SSSR count). The molecule has 0 aliphatic rings. The third-order valence-corrected chi connectivity index (χ3v) is 5.65. The number of nitrogens with one attached hydrogen (secondary N) is 2. The van der Waals surface area contributed by atoms with Crippen LogP contribution in [-0.2, 0) is 17.8 Å². The number of benzene rings is 1. The summed E-state index contributed by atoms with van der Waals surface area (Å²) in [4.78, 5) is 32.5. The largest absolute Gasteiger partial charge is 0.493 e. The van der Waals surface area contributed by atoms with E-state index in [0.717, 1.165) is 11.3 Å². The van der Waals surface area contributed by atoms with Gasteiger partial charge in [-0.25, -0.2) is 4.98 Å². The number of H-pyrrole nitrogens is 1. The maximum Gasteiger partial charge on any atom is 0.278 e. The molecule has 8 nitrogen and oxygen atoms in total. The van der Waals surface area contributed by atoms with Gasteiger partial charge in [0.25, 0.3) is 5.56 Å². The number of hydrogen-bond donors (Lipinski definition) is 2. The fraction of sp³-hybridized carbons (Fsp3) is 0.381. The Morgan fingerprint density at radius 2 is 2.00 bits per heavy atom. The van der Waals surface area contributed by atoms with Crippen molar-refractivity contribution in [2.45, 2.75) is 32.0 Å². The summed E-state index contributed by atoms with van der Waals surface area (Å²) in [6, 6.07) is 7.53. The van der Waals surface area contributed by atoms with E-state index in [2.05, 4.69) is 15.3 Å². The van der Waals surface area contributed by atoms with Crippen molar-refractivity contribution in [2.24, 2.45) is 0 Å². The molecule has 2 aromatic heterocycles. The molecule has 2 N–H and O–H groups in total. The number of carbonyl (C=O) groups is 1. The third kappa shape index (κ3) is 4.79. The summed E-state index contributed by atoms with van der Waals surface area (Å²) >= 11 is 1.26. The molecule has 0 saturated carbocycles. The first-order valence-electron chi connectivity index (χ1n) is 9.67. The number of hydrogen-bond acceptors (Lipinski definition) is 6. The summed E-state index contributed by atoms with van der Waals surface area (Å²) < 4.78 is 12.1. The smallest absolute Gasteiger partial charge is 0.278 e. The number of amides is 1. The molecule has 0 bridgehead atoms. The number of aromatic nitrogens is 3. The van der Waals surface area contributed by atoms with Crippen LogP contribution in [0.5, 0.6) is 11.5 Å². The molecule has 0 aliphatic heterocycles. The van der Waals surface area contributed by atoms with Gasteiger partial charge < -0.3 is 19.8 Å². The quantitative estimate of drug-likeness (QED) is 0.400. The van der Waals surface area contributed by atoms with Crippen molar-refractivity contribution < 1.29 is 14.3 Å².